The molecule has 0 heterocycles. The van der Waals surface area contributed by atoms with E-state index in [1.165, 1.54) is 115 Å². The van der Waals surface area contributed by atoms with Gasteiger partial charge in [0.1, 0.15) is 44.8 Å². The third kappa shape index (κ3) is 51.8. The summed E-state index contributed by atoms with van der Waals surface area (Å²) in [7, 11) is 4.07. The first-order valence-corrected chi connectivity index (χ1v) is 35.2. The van der Waals surface area contributed by atoms with E-state index < -0.39 is 85.8 Å². The Morgan fingerprint density at radius 1 is 0.416 bits per heavy atom. The lowest BCUT2D eigenvalue weighted by atomic mass is 10.0. The number of hydrogen-bond acceptors (Lipinski definition) is 15. The van der Waals surface area contributed by atoms with Gasteiger partial charge in [-0.1, -0.05) is 212 Å². The number of carbonyl (C=O) groups excluding carboxylic acids is 6. The summed E-state index contributed by atoms with van der Waals surface area (Å²) in [6, 6.07) is 0. The Hall–Kier alpha value is -4.45. The molecule has 17 nitrogen and oxygen atoms in total. The predicted molar refractivity (Wildman–Crippen MR) is 355 cm³/mol. The van der Waals surface area contributed by atoms with Crippen LogP contribution in [-0.2, 0) is 57.2 Å². The van der Waals surface area contributed by atoms with Crippen molar-refractivity contribution in [3.63, 3.8) is 0 Å². The van der Waals surface area contributed by atoms with Crippen LogP contribution in [0, 0.1) is 0 Å². The largest absolute Gasteiger partial charge is 0.461 e. The van der Waals surface area contributed by atoms with Crippen LogP contribution in [0.5, 0.6) is 0 Å². The molecule has 0 bridgehead atoms. The molecule has 0 aromatic heterocycles. The van der Waals surface area contributed by atoms with Gasteiger partial charge in [-0.2, -0.15) is 0 Å². The Bertz CT molecular complexity index is 1920. The normalized spacial score (nSPS) is 14.3. The van der Waals surface area contributed by atoms with E-state index in [1.54, 1.807) is 28.9 Å². The van der Waals surface area contributed by atoms with Gasteiger partial charge in [0.2, 0.25) is 6.54 Å². The standard InChI is InChI=1S/C72H130N2O15/c1-10-15-20-22-24-26-28-30-32-43-54-73(7)56-71(82)88-66(49-35-18-13-4)63(77)47-39-42-53-70(81)87-61(58-84-68(79)51-40-37-45-62(76)65(86-60(6)75)48-34-17-12-3)59-85-69(80)52-41-38-46-64(78)67(50-36-19-14-5)89-72(83)57-74(8,9)55-44-33-31-29-27-25-23-21-16-11-2/h37-42,61-67,76-78H,7,10-36,43-59H2,1-6,8-9H3/q+2/b40-37+,41-38+,42-39+. The molecule has 0 saturated heterocycles. The molecule has 0 radical (unpaired) electrons. The Kier molecular flexibility index (Phi) is 54.6. The average Bonchev–Trinajstić information content (AvgIpc) is 3.59. The number of aliphatic hydroxyl groups is 3. The molecule has 0 aromatic carbocycles. The molecular weight excluding hydrogens is 1130 g/mol. The highest BCUT2D eigenvalue weighted by atomic mass is 16.6. The molecule has 3 N–H and O–H groups in total. The van der Waals surface area contributed by atoms with Gasteiger partial charge >= 0.3 is 35.8 Å². The van der Waals surface area contributed by atoms with Crippen LogP contribution in [0.1, 0.15) is 286 Å². The summed E-state index contributed by atoms with van der Waals surface area (Å²) in [5.74, 6) is -3.35. The molecule has 0 rings (SSSR count). The Labute approximate surface area is 540 Å². The van der Waals surface area contributed by atoms with Crippen LogP contribution in [0.4, 0.5) is 0 Å². The topological polar surface area (TPSA) is 221 Å². The SMILES string of the molecule is C=[N+](CCCCCCCCCCCC)CC(=O)OC(CCCCC)C(O)C/C=C/CC(=O)OC(COC(=O)C/C=C/CC(O)C(CCCCC)OC(C)=O)COC(=O)C/C=C/CC(O)C(CCCCC)OC(=O)C[N+](C)(C)CCCCCCCCCCCC. The highest BCUT2D eigenvalue weighted by Gasteiger charge is 2.28. The molecule has 0 aliphatic heterocycles. The Morgan fingerprint density at radius 2 is 0.753 bits per heavy atom. The molecule has 17 heteroatoms. The van der Waals surface area contributed by atoms with E-state index in [0.29, 0.717) is 30.3 Å². The molecule has 7 unspecified atom stereocenters. The molecule has 0 spiro atoms. The predicted octanol–water partition coefficient (Wildman–Crippen LogP) is 14.2. The third-order valence-corrected chi connectivity index (χ3v) is 15.9. The lowest BCUT2D eigenvalue weighted by Gasteiger charge is -2.30. The third-order valence-electron chi connectivity index (χ3n) is 15.9. The van der Waals surface area contributed by atoms with Crippen molar-refractivity contribution in [2.75, 3.05) is 53.5 Å². The first kappa shape index (κ1) is 84.5. The van der Waals surface area contributed by atoms with Gasteiger partial charge in [0.25, 0.3) is 0 Å². The van der Waals surface area contributed by atoms with Crippen LogP contribution < -0.4 is 0 Å². The van der Waals surface area contributed by atoms with Crippen LogP contribution in [0.25, 0.3) is 0 Å². The minimum Gasteiger partial charge on any atom is -0.461 e. The van der Waals surface area contributed by atoms with Crippen LogP contribution in [-0.4, -0.2) is 163 Å². The van der Waals surface area contributed by atoms with Gasteiger partial charge in [-0.05, 0) is 77.0 Å². The Balaban J connectivity index is 5.70. The maximum Gasteiger partial charge on any atom is 0.372 e. The molecule has 0 fully saturated rings. The van der Waals surface area contributed by atoms with Crippen LogP contribution in [0.15, 0.2) is 36.5 Å². The number of esters is 6. The lowest BCUT2D eigenvalue weighted by molar-refractivity contribution is -0.883. The van der Waals surface area contributed by atoms with E-state index in [0.717, 1.165) is 96.4 Å². The zero-order chi connectivity index (χ0) is 66.2. The van der Waals surface area contributed by atoms with Crippen molar-refractivity contribution < 1.29 is 81.6 Å². The number of hydrogen-bond donors (Lipinski definition) is 3. The smallest absolute Gasteiger partial charge is 0.372 e. The van der Waals surface area contributed by atoms with E-state index >= 15 is 0 Å². The summed E-state index contributed by atoms with van der Waals surface area (Å²) in [6.45, 7) is 16.9. The molecule has 89 heavy (non-hydrogen) atoms. The second kappa shape index (κ2) is 57.5. The highest BCUT2D eigenvalue weighted by Crippen LogP contribution is 2.20. The van der Waals surface area contributed by atoms with Crippen molar-refractivity contribution in [1.29, 1.82) is 0 Å². The fourth-order valence-corrected chi connectivity index (χ4v) is 10.5. The maximum absolute atomic E-state index is 13.3. The van der Waals surface area contributed by atoms with Crippen LogP contribution in [0.3, 0.4) is 0 Å². The summed E-state index contributed by atoms with van der Waals surface area (Å²) in [5.41, 5.74) is 0. The second-order valence-corrected chi connectivity index (χ2v) is 25.3. The van der Waals surface area contributed by atoms with Crippen molar-refractivity contribution in [1.82, 2.24) is 0 Å². The number of carbonyl (C=O) groups is 6. The minimum atomic E-state index is -1.18. The van der Waals surface area contributed by atoms with E-state index in [-0.39, 0.29) is 57.6 Å². The van der Waals surface area contributed by atoms with Gasteiger partial charge in [-0.25, -0.2) is 14.2 Å². The first-order chi connectivity index (χ1) is 42.8. The zero-order valence-corrected chi connectivity index (χ0v) is 57.5. The quantitative estimate of drug-likeness (QED) is 0.00980. The van der Waals surface area contributed by atoms with Gasteiger partial charge in [-0.15, -0.1) is 0 Å². The van der Waals surface area contributed by atoms with Gasteiger partial charge in [0, 0.05) is 13.3 Å². The number of nitrogens with zero attached hydrogens (tertiary/aromatic N) is 2. The van der Waals surface area contributed by atoms with E-state index in [2.05, 4.69) is 41.3 Å². The van der Waals surface area contributed by atoms with E-state index in [1.807, 2.05) is 14.1 Å². The summed E-state index contributed by atoms with van der Waals surface area (Å²) >= 11 is 0. The molecule has 7 atom stereocenters. The molecular formula is C72H130N2O15+2. The average molecular weight is 1260 g/mol. The van der Waals surface area contributed by atoms with Crippen molar-refractivity contribution in [3.8, 4) is 0 Å². The molecule has 0 aliphatic rings. The summed E-state index contributed by atoms with van der Waals surface area (Å²) in [4.78, 5) is 77.2. The molecule has 0 saturated carbocycles. The Morgan fingerprint density at radius 3 is 1.15 bits per heavy atom. The number of quaternary nitrogens is 1. The number of rotatable bonds is 61. The number of ether oxygens (including phenoxy) is 6. The molecule has 0 amide bonds. The fourth-order valence-electron chi connectivity index (χ4n) is 10.5. The number of aliphatic hydroxyl groups excluding tert-OH is 3. The summed E-state index contributed by atoms with van der Waals surface area (Å²) in [5, 5.41) is 33.2. The minimum absolute atomic E-state index is 0.0138. The van der Waals surface area contributed by atoms with Gasteiger partial charge < -0.3 is 48.2 Å². The van der Waals surface area contributed by atoms with Gasteiger partial charge in [0.15, 0.2) is 12.6 Å². The lowest BCUT2D eigenvalue weighted by Crippen LogP contribution is -2.46. The van der Waals surface area contributed by atoms with Crippen LogP contribution in [0.2, 0.25) is 0 Å². The van der Waals surface area contributed by atoms with Crippen molar-refractivity contribution in [2.24, 2.45) is 0 Å². The van der Waals surface area contributed by atoms with E-state index in [9.17, 15) is 44.1 Å². The monoisotopic (exact) mass is 1260 g/mol. The highest BCUT2D eigenvalue weighted by molar-refractivity contribution is 5.73. The first-order valence-electron chi connectivity index (χ1n) is 35.2. The maximum atomic E-state index is 13.3. The molecule has 0 aromatic rings. The van der Waals surface area contributed by atoms with Crippen molar-refractivity contribution in [2.45, 2.75) is 328 Å². The second-order valence-electron chi connectivity index (χ2n) is 25.3. The van der Waals surface area contributed by atoms with E-state index in [4.69, 9.17) is 28.4 Å². The van der Waals surface area contributed by atoms with Gasteiger partial charge in [0.05, 0.1) is 58.2 Å². The van der Waals surface area contributed by atoms with Gasteiger partial charge in [-0.3, -0.25) is 19.2 Å². The molecule has 516 valence electrons. The van der Waals surface area contributed by atoms with Crippen LogP contribution >= 0.6 is 0 Å². The van der Waals surface area contributed by atoms with Crippen molar-refractivity contribution >= 4 is 42.5 Å². The fraction of sp³-hybridized carbons (Fsp3) is 0.819. The summed E-state index contributed by atoms with van der Waals surface area (Å²) < 4.78 is 35.9. The number of unbranched alkanes of at least 4 members (excludes halogenated alkanes) is 24. The molecule has 0 aliphatic carbocycles. The summed E-state index contributed by atoms with van der Waals surface area (Å²) in [6.07, 6.45) is 37.0. The number of likely N-dealkylation sites (N-methyl/N-ethyl adjacent to an activating group) is 1. The van der Waals surface area contributed by atoms with Crippen molar-refractivity contribution in [3.05, 3.63) is 36.5 Å². The zero-order valence-electron chi connectivity index (χ0n) is 57.5.